The minimum Gasteiger partial charge on any atom is -0.491 e. The fourth-order valence-electron chi connectivity index (χ4n) is 7.79. The summed E-state index contributed by atoms with van der Waals surface area (Å²) < 4.78 is 46.6. The third-order valence-electron chi connectivity index (χ3n) is 12.9. The zero-order valence-corrected chi connectivity index (χ0v) is 48.8. The number of likely N-dealkylation sites (tertiary alicyclic amines) is 1. The number of carboxylic acids is 1. The second kappa shape index (κ2) is 46.0. The standard InChI is InChI=1S/C34H50N4O7.C11H22O2.C9H18NO8P.CH4O/c39-18-14-35-15-19-43-20-21-44-22-23-45-31-8-4-27(5-9-31)29(25-33(41)42)24-26-11-16-38(17-12-26)32(40)10-7-30-6-3-28-2-1-13-36-34(28)37-30;1-5-10(3)7-8-13-11(4,6-2)9-12;1-10-3-4-17-19(14-2)18-6-8(16-7-11)5-15-9(12)13;1-2/h3-6,8-9,26,29,35,39H,1-2,7,10-25H2,(H,36,37)(H,41,42);9-10H,5-8H2,1-4H3;7-8,10H,3-6H2,1-2H3,(H,12,13);2H,1H3. The number of carbonyl (C=O) groups excluding carboxylic acids is 3. The van der Waals surface area contributed by atoms with Crippen molar-refractivity contribution in [3.05, 3.63) is 53.2 Å². The number of aryl methyl sites for hydroxylation is 2. The van der Waals surface area contributed by atoms with Crippen LogP contribution in [0.15, 0.2) is 36.4 Å². The number of carbonyl (C=O) groups is 5. The number of anilines is 1. The summed E-state index contributed by atoms with van der Waals surface area (Å²) >= 11 is 0. The first-order valence-corrected chi connectivity index (χ1v) is 28.5. The Morgan fingerprint density at radius 3 is 2.25 bits per heavy atom. The molecule has 79 heavy (non-hydrogen) atoms. The zero-order valence-electron chi connectivity index (χ0n) is 47.9. The van der Waals surface area contributed by atoms with Gasteiger partial charge in [0.05, 0.1) is 52.7 Å². The van der Waals surface area contributed by atoms with Gasteiger partial charge in [0.2, 0.25) is 5.91 Å². The second-order valence-corrected chi connectivity index (χ2v) is 20.1. The number of ether oxygens (including phenoxy) is 6. The fraction of sp³-hybridized carbons (Fsp3) is 0.709. The van der Waals surface area contributed by atoms with Gasteiger partial charge in [-0.1, -0.05) is 45.4 Å². The topological polar surface area (TPSA) is 302 Å². The number of nitrogens with zero attached hydrogens (tertiary/aromatic N) is 2. The van der Waals surface area contributed by atoms with Crippen LogP contribution in [0.1, 0.15) is 108 Å². The van der Waals surface area contributed by atoms with E-state index in [1.54, 1.807) is 7.05 Å². The molecule has 452 valence electrons. The lowest BCUT2D eigenvalue weighted by molar-refractivity contribution is -0.138. The zero-order chi connectivity index (χ0) is 58.5. The molecule has 1 saturated heterocycles. The van der Waals surface area contributed by atoms with Crippen LogP contribution < -0.4 is 20.7 Å². The van der Waals surface area contributed by atoms with Crippen LogP contribution in [-0.2, 0) is 69.3 Å². The van der Waals surface area contributed by atoms with Gasteiger partial charge >= 0.3 is 20.7 Å². The van der Waals surface area contributed by atoms with Crippen LogP contribution in [0, 0.1) is 11.8 Å². The third-order valence-corrected chi connectivity index (χ3v) is 13.9. The molecule has 7 N–H and O–H groups in total. The summed E-state index contributed by atoms with van der Waals surface area (Å²) in [6.45, 7) is 15.8. The van der Waals surface area contributed by atoms with Crippen molar-refractivity contribution in [2.45, 2.75) is 116 Å². The molecule has 0 aliphatic carbocycles. The van der Waals surface area contributed by atoms with E-state index in [1.807, 2.05) is 49.1 Å². The number of aliphatic carboxylic acids is 1. The van der Waals surface area contributed by atoms with Crippen molar-refractivity contribution in [2.24, 2.45) is 11.8 Å². The van der Waals surface area contributed by atoms with Gasteiger partial charge in [0.1, 0.15) is 30.4 Å². The van der Waals surface area contributed by atoms with E-state index < -0.39 is 32.4 Å². The van der Waals surface area contributed by atoms with E-state index in [9.17, 15) is 29.1 Å². The summed E-state index contributed by atoms with van der Waals surface area (Å²) in [5.41, 5.74) is 2.64. The lowest BCUT2D eigenvalue weighted by atomic mass is 9.82. The first kappa shape index (κ1) is 72.4. The van der Waals surface area contributed by atoms with E-state index in [0.717, 1.165) is 87.7 Å². The Bertz CT molecular complexity index is 1900. The number of piperidine rings is 1. The van der Waals surface area contributed by atoms with Crippen LogP contribution in [0.5, 0.6) is 5.75 Å². The maximum absolute atomic E-state index is 13.0. The smallest absolute Gasteiger partial charge is 0.491 e. The van der Waals surface area contributed by atoms with E-state index in [2.05, 4.69) is 45.3 Å². The summed E-state index contributed by atoms with van der Waals surface area (Å²) in [6, 6.07) is 11.9. The average molecular weight is 1140 g/mol. The van der Waals surface area contributed by atoms with E-state index in [0.29, 0.717) is 104 Å². The highest BCUT2D eigenvalue weighted by Gasteiger charge is 2.27. The summed E-state index contributed by atoms with van der Waals surface area (Å²) in [4.78, 5) is 62.5. The first-order valence-electron chi connectivity index (χ1n) is 27.4. The largest absolute Gasteiger partial charge is 0.505 e. The minimum absolute atomic E-state index is 0.0788. The molecule has 0 spiro atoms. The highest BCUT2D eigenvalue weighted by molar-refractivity contribution is 7.41. The molecule has 5 unspecified atom stereocenters. The molecule has 1 aromatic carbocycles. The van der Waals surface area contributed by atoms with E-state index in [4.69, 9.17) is 52.8 Å². The second-order valence-electron chi connectivity index (χ2n) is 18.8. The molecule has 2 aromatic rings. The van der Waals surface area contributed by atoms with Crippen LogP contribution in [0.4, 0.5) is 10.6 Å². The molecule has 24 heteroatoms. The number of amides is 1. The van der Waals surface area contributed by atoms with Crippen LogP contribution in [0.3, 0.4) is 0 Å². The Kier molecular flexibility index (Phi) is 42.1. The number of hydrogen-bond acceptors (Lipinski definition) is 20. The third kappa shape index (κ3) is 34.3. The van der Waals surface area contributed by atoms with Gasteiger partial charge in [-0.3, -0.25) is 14.4 Å². The molecule has 3 heterocycles. The Labute approximate surface area is 469 Å². The van der Waals surface area contributed by atoms with Crippen molar-refractivity contribution in [3.8, 4) is 5.75 Å². The van der Waals surface area contributed by atoms with Gasteiger partial charge < -0.3 is 88.1 Å². The summed E-state index contributed by atoms with van der Waals surface area (Å²) in [7, 11) is 2.61. The van der Waals surface area contributed by atoms with Crippen molar-refractivity contribution in [1.29, 1.82) is 0 Å². The first-order chi connectivity index (χ1) is 38.2. The molecule has 4 rings (SSSR count). The summed E-state index contributed by atoms with van der Waals surface area (Å²) in [5, 5.41) is 42.9. The normalized spacial score (nSPS) is 15.2. The van der Waals surface area contributed by atoms with Gasteiger partial charge in [0.25, 0.3) is 6.47 Å². The molecule has 23 nitrogen and oxygen atoms in total. The van der Waals surface area contributed by atoms with E-state index in [-0.39, 0.29) is 44.5 Å². The highest BCUT2D eigenvalue weighted by atomic mass is 31.2. The number of aliphatic hydroxyl groups is 2. The van der Waals surface area contributed by atoms with Gasteiger partial charge in [-0.05, 0) is 112 Å². The molecular weight excluding hydrogens is 1050 g/mol. The van der Waals surface area contributed by atoms with Crippen molar-refractivity contribution < 1.29 is 86.4 Å². The summed E-state index contributed by atoms with van der Waals surface area (Å²) in [5.74, 6) is 2.02. The Hall–Kier alpha value is -4.65. The molecule has 1 fully saturated rings. The number of likely N-dealkylation sites (N-methyl/N-ethyl adjacent to an activating group) is 1. The van der Waals surface area contributed by atoms with Crippen molar-refractivity contribution in [3.63, 3.8) is 0 Å². The molecule has 2 aliphatic heterocycles. The summed E-state index contributed by atoms with van der Waals surface area (Å²) in [6.07, 6.45) is 7.47. The van der Waals surface area contributed by atoms with Crippen molar-refractivity contribution >= 4 is 45.2 Å². The number of hydrogen-bond donors (Lipinski definition) is 7. The monoisotopic (exact) mass is 1140 g/mol. The Morgan fingerprint density at radius 1 is 0.924 bits per heavy atom. The van der Waals surface area contributed by atoms with Gasteiger partial charge in [-0.2, -0.15) is 0 Å². The number of benzene rings is 1. The van der Waals surface area contributed by atoms with Gasteiger partial charge in [0, 0.05) is 72.2 Å². The maximum atomic E-state index is 13.0. The van der Waals surface area contributed by atoms with Crippen molar-refractivity contribution in [1.82, 2.24) is 20.5 Å². The number of nitrogens with one attached hydrogen (secondary N) is 3. The Balaban J connectivity index is 0.000000753. The number of aliphatic hydroxyl groups excluding tert-OH is 2. The molecule has 0 bridgehead atoms. The predicted molar refractivity (Wildman–Crippen MR) is 299 cm³/mol. The number of aldehydes is 1. The highest BCUT2D eigenvalue weighted by Crippen LogP contribution is 2.38. The molecule has 1 amide bonds. The molecule has 0 saturated carbocycles. The molecule has 2 aliphatic rings. The predicted octanol–water partition coefficient (Wildman–Crippen LogP) is 6.02. The number of aromatic nitrogens is 1. The fourth-order valence-corrected chi connectivity index (χ4v) is 8.60. The molecule has 5 atom stereocenters. The number of rotatable bonds is 39. The van der Waals surface area contributed by atoms with Gasteiger partial charge in [0.15, 0.2) is 12.4 Å². The van der Waals surface area contributed by atoms with E-state index >= 15 is 0 Å². The van der Waals surface area contributed by atoms with Crippen LogP contribution in [0.2, 0.25) is 0 Å². The van der Waals surface area contributed by atoms with Gasteiger partial charge in [-0.15, -0.1) is 0 Å². The Morgan fingerprint density at radius 2 is 1.63 bits per heavy atom. The molecular formula is C55H94N5O18P. The maximum Gasteiger partial charge on any atom is 0.505 e. The molecule has 0 radical (unpaired) electrons. The quantitative estimate of drug-likeness (QED) is 0.0174. The minimum atomic E-state index is -1.58. The van der Waals surface area contributed by atoms with Crippen LogP contribution >= 0.6 is 8.60 Å². The average Bonchev–Trinajstić information content (AvgIpc) is 3.47. The van der Waals surface area contributed by atoms with Crippen LogP contribution in [-0.4, -0.2) is 199 Å². The lowest BCUT2D eigenvalue weighted by Gasteiger charge is -2.33. The number of carboxylic acid groups (broad SMARTS) is 2. The van der Waals surface area contributed by atoms with Crippen molar-refractivity contribution in [2.75, 3.05) is 132 Å². The molecule has 1 aromatic heterocycles. The van der Waals surface area contributed by atoms with Crippen LogP contribution in [0.25, 0.3) is 0 Å². The number of fused-ring (bicyclic) bond motifs is 1. The lowest BCUT2D eigenvalue weighted by Crippen LogP contribution is -2.39. The van der Waals surface area contributed by atoms with Gasteiger partial charge in [-0.25, -0.2) is 9.78 Å². The SMILES string of the molecule is CCC(C)CCOC(C)(C=O)CC.CNCCOP(OC)OCC(COC(=O)O)OC=O.CO.O=C(O)CC(CC1CCN(C(=O)CCc2ccc3c(n2)NCCC3)CC1)c1ccc(OCCOCCOCCNCCO)cc1. The number of pyridine rings is 1. The van der Waals surface area contributed by atoms with E-state index in [1.165, 1.54) is 19.1 Å².